The van der Waals surface area contributed by atoms with Crippen molar-refractivity contribution >= 4 is 0 Å². The van der Waals surface area contributed by atoms with E-state index in [1.165, 1.54) is 38.5 Å². The van der Waals surface area contributed by atoms with E-state index in [0.717, 1.165) is 63.0 Å². The minimum absolute atomic E-state index is 0.501. The van der Waals surface area contributed by atoms with Gasteiger partial charge in [-0.2, -0.15) is 0 Å². The average molecular weight is 341 g/mol. The first-order valence-electron chi connectivity index (χ1n) is 10.3. The highest BCUT2D eigenvalue weighted by Gasteiger charge is 2.51. The SMILES string of the molecule is c1cc(C23CC4CC(CC(C4)C2)C3)ccc1OCCN1CCOCC1. The molecule has 4 saturated carbocycles. The van der Waals surface area contributed by atoms with Gasteiger partial charge in [0.25, 0.3) is 0 Å². The van der Waals surface area contributed by atoms with Crippen molar-refractivity contribution in [3.63, 3.8) is 0 Å². The molecule has 1 aromatic rings. The van der Waals surface area contributed by atoms with Crippen LogP contribution in [-0.4, -0.2) is 44.4 Å². The zero-order valence-corrected chi connectivity index (χ0v) is 15.3. The van der Waals surface area contributed by atoms with Gasteiger partial charge in [0.05, 0.1) is 13.2 Å². The number of morpholine rings is 1. The maximum atomic E-state index is 6.00. The fourth-order valence-electron chi connectivity index (χ4n) is 6.49. The maximum absolute atomic E-state index is 6.00. The highest BCUT2D eigenvalue weighted by atomic mass is 16.5. The summed E-state index contributed by atoms with van der Waals surface area (Å²) in [6.07, 6.45) is 8.87. The Hall–Kier alpha value is -1.06. The number of nitrogens with zero attached hydrogens (tertiary/aromatic N) is 1. The second kappa shape index (κ2) is 6.59. The number of rotatable bonds is 5. The first-order chi connectivity index (χ1) is 12.3. The van der Waals surface area contributed by atoms with Crippen molar-refractivity contribution in [3.8, 4) is 5.75 Å². The molecule has 1 saturated heterocycles. The molecule has 3 heteroatoms. The molecule has 4 aliphatic carbocycles. The third-order valence-corrected chi connectivity index (χ3v) is 7.28. The monoisotopic (exact) mass is 341 g/mol. The first-order valence-corrected chi connectivity index (χ1v) is 10.3. The predicted molar refractivity (Wildman–Crippen MR) is 99.0 cm³/mol. The maximum Gasteiger partial charge on any atom is 0.119 e. The molecule has 6 rings (SSSR count). The molecular weight excluding hydrogens is 310 g/mol. The predicted octanol–water partition coefficient (Wildman–Crippen LogP) is 3.87. The van der Waals surface area contributed by atoms with E-state index < -0.39 is 0 Å². The number of hydrogen-bond acceptors (Lipinski definition) is 3. The molecule has 5 fully saturated rings. The van der Waals surface area contributed by atoms with E-state index in [0.29, 0.717) is 5.41 Å². The summed E-state index contributed by atoms with van der Waals surface area (Å²) in [6.45, 7) is 5.57. The molecule has 0 aromatic heterocycles. The number of hydrogen-bond donors (Lipinski definition) is 0. The molecular formula is C22H31NO2. The molecule has 136 valence electrons. The zero-order valence-electron chi connectivity index (χ0n) is 15.3. The summed E-state index contributed by atoms with van der Waals surface area (Å²) in [6, 6.07) is 9.18. The van der Waals surface area contributed by atoms with E-state index in [9.17, 15) is 0 Å². The smallest absolute Gasteiger partial charge is 0.119 e. The Labute approximate surface area is 151 Å². The quantitative estimate of drug-likeness (QED) is 0.812. The Morgan fingerprint density at radius 3 is 2.12 bits per heavy atom. The van der Waals surface area contributed by atoms with Crippen LogP contribution < -0.4 is 4.74 Å². The Morgan fingerprint density at radius 2 is 1.52 bits per heavy atom. The Morgan fingerprint density at radius 1 is 0.920 bits per heavy atom. The molecule has 0 amide bonds. The van der Waals surface area contributed by atoms with Crippen LogP contribution in [0, 0.1) is 17.8 Å². The molecule has 0 N–H and O–H groups in total. The van der Waals surface area contributed by atoms with Gasteiger partial charge in [-0.05, 0) is 79.4 Å². The van der Waals surface area contributed by atoms with Crippen molar-refractivity contribution in [2.75, 3.05) is 39.5 Å². The zero-order chi connectivity index (χ0) is 16.7. The van der Waals surface area contributed by atoms with E-state index in [-0.39, 0.29) is 0 Å². The topological polar surface area (TPSA) is 21.7 Å². The van der Waals surface area contributed by atoms with Gasteiger partial charge in [0.1, 0.15) is 12.4 Å². The van der Waals surface area contributed by atoms with Crippen LogP contribution >= 0.6 is 0 Å². The van der Waals surface area contributed by atoms with Crippen molar-refractivity contribution < 1.29 is 9.47 Å². The fraction of sp³-hybridized carbons (Fsp3) is 0.727. The molecule has 25 heavy (non-hydrogen) atoms. The lowest BCUT2D eigenvalue weighted by Crippen LogP contribution is -2.48. The van der Waals surface area contributed by atoms with Crippen LogP contribution in [-0.2, 0) is 10.2 Å². The lowest BCUT2D eigenvalue weighted by atomic mass is 9.48. The molecule has 3 nitrogen and oxygen atoms in total. The molecule has 0 unspecified atom stereocenters. The third kappa shape index (κ3) is 3.21. The van der Waals surface area contributed by atoms with Crippen LogP contribution in [0.1, 0.15) is 44.1 Å². The second-order valence-electron chi connectivity index (χ2n) is 9.02. The summed E-state index contributed by atoms with van der Waals surface area (Å²) in [5.74, 6) is 4.06. The van der Waals surface area contributed by atoms with Gasteiger partial charge < -0.3 is 9.47 Å². The van der Waals surface area contributed by atoms with Gasteiger partial charge in [0, 0.05) is 19.6 Å². The van der Waals surface area contributed by atoms with Gasteiger partial charge in [-0.3, -0.25) is 4.90 Å². The summed E-state index contributed by atoms with van der Waals surface area (Å²) in [5.41, 5.74) is 2.09. The summed E-state index contributed by atoms with van der Waals surface area (Å²) < 4.78 is 11.4. The van der Waals surface area contributed by atoms with Gasteiger partial charge in [-0.25, -0.2) is 0 Å². The van der Waals surface area contributed by atoms with E-state index in [1.54, 1.807) is 5.56 Å². The van der Waals surface area contributed by atoms with Gasteiger partial charge >= 0.3 is 0 Å². The molecule has 5 aliphatic rings. The highest BCUT2D eigenvalue weighted by Crippen LogP contribution is 2.60. The molecule has 1 aliphatic heterocycles. The van der Waals surface area contributed by atoms with Crippen LogP contribution in [0.2, 0.25) is 0 Å². The molecule has 1 heterocycles. The van der Waals surface area contributed by atoms with E-state index in [1.807, 2.05) is 0 Å². The van der Waals surface area contributed by atoms with Gasteiger partial charge in [0.15, 0.2) is 0 Å². The van der Waals surface area contributed by atoms with Gasteiger partial charge in [-0.15, -0.1) is 0 Å². The summed E-state index contributed by atoms with van der Waals surface area (Å²) in [4.78, 5) is 2.42. The largest absolute Gasteiger partial charge is 0.492 e. The van der Waals surface area contributed by atoms with Gasteiger partial charge in [0.2, 0.25) is 0 Å². The Balaban J connectivity index is 1.20. The third-order valence-electron chi connectivity index (χ3n) is 7.28. The standard InChI is InChI=1S/C22H31NO2/c1-3-21(25-10-7-23-5-8-24-9-6-23)4-2-20(1)22-14-17-11-18(15-22)13-19(12-17)16-22/h1-4,17-19H,5-16H2. The molecule has 0 atom stereocenters. The molecule has 0 spiro atoms. The molecule has 0 radical (unpaired) electrons. The number of ether oxygens (including phenoxy) is 2. The minimum atomic E-state index is 0.501. The van der Waals surface area contributed by atoms with Crippen LogP contribution in [0.15, 0.2) is 24.3 Å². The highest BCUT2D eigenvalue weighted by molar-refractivity contribution is 5.34. The van der Waals surface area contributed by atoms with Crippen LogP contribution in [0.3, 0.4) is 0 Å². The summed E-state index contributed by atoms with van der Waals surface area (Å²) >= 11 is 0. The molecule has 1 aromatic carbocycles. The van der Waals surface area contributed by atoms with Crippen LogP contribution in [0.4, 0.5) is 0 Å². The lowest BCUT2D eigenvalue weighted by molar-refractivity contribution is -0.00521. The van der Waals surface area contributed by atoms with Crippen LogP contribution in [0.5, 0.6) is 5.75 Å². The fourth-order valence-corrected chi connectivity index (χ4v) is 6.49. The van der Waals surface area contributed by atoms with E-state index in [4.69, 9.17) is 9.47 Å². The molecule has 4 bridgehead atoms. The average Bonchev–Trinajstić information content (AvgIpc) is 2.62. The van der Waals surface area contributed by atoms with Crippen LogP contribution in [0.25, 0.3) is 0 Å². The Bertz CT molecular complexity index is 555. The summed E-state index contributed by atoms with van der Waals surface area (Å²) in [5, 5.41) is 0. The second-order valence-corrected chi connectivity index (χ2v) is 9.02. The minimum Gasteiger partial charge on any atom is -0.492 e. The van der Waals surface area contributed by atoms with Crippen molar-refractivity contribution in [2.45, 2.75) is 43.9 Å². The Kier molecular flexibility index (Phi) is 4.25. The first kappa shape index (κ1) is 16.1. The summed E-state index contributed by atoms with van der Waals surface area (Å²) in [7, 11) is 0. The number of benzene rings is 1. The normalized spacial score (nSPS) is 37.4. The van der Waals surface area contributed by atoms with Crippen molar-refractivity contribution in [2.24, 2.45) is 17.8 Å². The van der Waals surface area contributed by atoms with E-state index >= 15 is 0 Å². The van der Waals surface area contributed by atoms with Crippen molar-refractivity contribution in [3.05, 3.63) is 29.8 Å². The van der Waals surface area contributed by atoms with Crippen molar-refractivity contribution in [1.29, 1.82) is 0 Å². The van der Waals surface area contributed by atoms with Gasteiger partial charge in [-0.1, -0.05) is 12.1 Å². The van der Waals surface area contributed by atoms with Crippen molar-refractivity contribution in [1.82, 2.24) is 4.90 Å². The lowest BCUT2D eigenvalue weighted by Gasteiger charge is -2.57. The van der Waals surface area contributed by atoms with E-state index in [2.05, 4.69) is 29.2 Å².